The van der Waals surface area contributed by atoms with E-state index in [0.717, 1.165) is 24.2 Å². The van der Waals surface area contributed by atoms with Gasteiger partial charge in [0.2, 0.25) is 0 Å². The number of hydrogen-bond donors (Lipinski definition) is 0. The minimum Gasteiger partial charge on any atom is -0.496 e. The van der Waals surface area contributed by atoms with Gasteiger partial charge in [-0.05, 0) is 55.7 Å². The van der Waals surface area contributed by atoms with E-state index in [2.05, 4.69) is 4.98 Å². The Balaban J connectivity index is 1.73. The lowest BCUT2D eigenvalue weighted by molar-refractivity contribution is 0.0637. The van der Waals surface area contributed by atoms with Crippen LogP contribution < -0.4 is 4.74 Å². The Bertz CT molecular complexity index is 774. The van der Waals surface area contributed by atoms with Gasteiger partial charge in [0, 0.05) is 42.5 Å². The smallest absolute Gasteiger partial charge is 0.253 e. The first-order valence-corrected chi connectivity index (χ1v) is 8.48. The molecule has 1 aromatic carbocycles. The van der Waals surface area contributed by atoms with Crippen molar-refractivity contribution in [2.24, 2.45) is 5.92 Å². The van der Waals surface area contributed by atoms with Gasteiger partial charge < -0.3 is 9.64 Å². The van der Waals surface area contributed by atoms with Crippen molar-refractivity contribution in [1.82, 2.24) is 9.88 Å². The van der Waals surface area contributed by atoms with Gasteiger partial charge in [-0.3, -0.25) is 14.6 Å². The summed E-state index contributed by atoms with van der Waals surface area (Å²) in [6.45, 7) is 3.08. The maximum Gasteiger partial charge on any atom is 0.253 e. The number of rotatable bonds is 4. The molecule has 1 amide bonds. The van der Waals surface area contributed by atoms with E-state index in [1.54, 1.807) is 42.6 Å². The Morgan fingerprint density at radius 1 is 1.16 bits per heavy atom. The lowest BCUT2D eigenvalue weighted by atomic mass is 9.89. The summed E-state index contributed by atoms with van der Waals surface area (Å²) in [6.07, 6.45) is 4.87. The highest BCUT2D eigenvalue weighted by molar-refractivity contribution is 5.99. The van der Waals surface area contributed by atoms with Crippen LogP contribution in [0.15, 0.2) is 42.7 Å². The number of Topliss-reactive ketones (excluding diaryl/α,β-unsaturated/α-hetero) is 1. The lowest BCUT2D eigenvalue weighted by Gasteiger charge is -2.32. The van der Waals surface area contributed by atoms with Crippen molar-refractivity contribution in [1.29, 1.82) is 0 Å². The summed E-state index contributed by atoms with van der Waals surface area (Å²) >= 11 is 0. The van der Waals surface area contributed by atoms with Crippen LogP contribution in [0.5, 0.6) is 5.75 Å². The van der Waals surface area contributed by atoms with Crippen LogP contribution in [0.1, 0.15) is 39.1 Å². The lowest BCUT2D eigenvalue weighted by Crippen LogP contribution is -2.42. The van der Waals surface area contributed by atoms with Crippen LogP contribution in [0.3, 0.4) is 0 Å². The van der Waals surface area contributed by atoms with E-state index in [4.69, 9.17) is 4.74 Å². The second kappa shape index (κ2) is 7.47. The monoisotopic (exact) mass is 338 g/mol. The van der Waals surface area contributed by atoms with Gasteiger partial charge in [0.15, 0.2) is 5.78 Å². The molecule has 0 aliphatic carbocycles. The van der Waals surface area contributed by atoms with Crippen LogP contribution in [0.4, 0.5) is 0 Å². The Morgan fingerprint density at radius 2 is 1.92 bits per heavy atom. The highest BCUT2D eigenvalue weighted by atomic mass is 16.5. The average molecular weight is 338 g/mol. The normalized spacial score (nSPS) is 17.2. The van der Waals surface area contributed by atoms with Crippen LogP contribution in [-0.2, 0) is 0 Å². The van der Waals surface area contributed by atoms with Gasteiger partial charge in [-0.15, -0.1) is 0 Å². The number of piperidine rings is 1. The average Bonchev–Trinajstić information content (AvgIpc) is 2.67. The fraction of sp³-hybridized carbons (Fsp3) is 0.350. The summed E-state index contributed by atoms with van der Waals surface area (Å²) < 4.78 is 5.25. The number of ketones is 1. The molecule has 0 radical (unpaired) electrons. The van der Waals surface area contributed by atoms with Gasteiger partial charge in [-0.2, -0.15) is 0 Å². The quantitative estimate of drug-likeness (QED) is 0.804. The number of aromatic nitrogens is 1. The molecule has 0 N–H and O–H groups in total. The summed E-state index contributed by atoms with van der Waals surface area (Å²) in [4.78, 5) is 31.2. The number of ether oxygens (including phenoxy) is 1. The van der Waals surface area contributed by atoms with Crippen molar-refractivity contribution in [3.05, 3.63) is 59.4 Å². The predicted octanol–water partition coefficient (Wildman–Crippen LogP) is 3.13. The van der Waals surface area contributed by atoms with Crippen LogP contribution in [0.2, 0.25) is 0 Å². The fourth-order valence-electron chi connectivity index (χ4n) is 3.32. The van der Waals surface area contributed by atoms with Crippen LogP contribution in [0.25, 0.3) is 0 Å². The Kier molecular flexibility index (Phi) is 5.12. The van der Waals surface area contributed by atoms with Crippen molar-refractivity contribution in [3.63, 3.8) is 0 Å². The van der Waals surface area contributed by atoms with Gasteiger partial charge in [-0.25, -0.2) is 0 Å². The molecule has 1 unspecified atom stereocenters. The Morgan fingerprint density at radius 3 is 2.60 bits per heavy atom. The van der Waals surface area contributed by atoms with Gasteiger partial charge >= 0.3 is 0 Å². The first kappa shape index (κ1) is 17.1. The van der Waals surface area contributed by atoms with E-state index in [0.29, 0.717) is 24.2 Å². The molecule has 1 aromatic heterocycles. The Labute approximate surface area is 147 Å². The number of carbonyl (C=O) groups excluding carboxylic acids is 2. The van der Waals surface area contributed by atoms with Crippen molar-refractivity contribution in [3.8, 4) is 5.75 Å². The molecule has 1 aliphatic rings. The second-order valence-electron chi connectivity index (χ2n) is 6.37. The molecule has 1 atom stereocenters. The number of nitrogens with zero attached hydrogens (tertiary/aromatic N) is 2. The SMILES string of the molecule is COc1ccc(C(=O)C2CCCN(C(=O)c3ccncc3)C2)cc1C. The molecular weight excluding hydrogens is 316 g/mol. The van der Waals surface area contributed by atoms with Gasteiger partial charge in [-0.1, -0.05) is 0 Å². The number of likely N-dealkylation sites (tertiary alicyclic amines) is 1. The number of benzene rings is 1. The maximum atomic E-state index is 12.9. The molecule has 5 heteroatoms. The number of hydrogen-bond acceptors (Lipinski definition) is 4. The summed E-state index contributed by atoms with van der Waals surface area (Å²) in [5, 5.41) is 0. The van der Waals surface area contributed by atoms with Crippen molar-refractivity contribution >= 4 is 11.7 Å². The highest BCUT2D eigenvalue weighted by Gasteiger charge is 2.29. The second-order valence-corrected chi connectivity index (χ2v) is 6.37. The van der Waals surface area contributed by atoms with Gasteiger partial charge in [0.25, 0.3) is 5.91 Å². The molecule has 1 aliphatic heterocycles. The molecule has 25 heavy (non-hydrogen) atoms. The molecule has 0 spiro atoms. The van der Waals surface area contributed by atoms with Crippen LogP contribution in [0, 0.1) is 12.8 Å². The van der Waals surface area contributed by atoms with E-state index in [1.807, 2.05) is 19.1 Å². The van der Waals surface area contributed by atoms with Crippen molar-refractivity contribution < 1.29 is 14.3 Å². The molecule has 0 saturated carbocycles. The number of aryl methyl sites for hydroxylation is 1. The van der Waals surface area contributed by atoms with E-state index in [1.165, 1.54) is 0 Å². The number of methoxy groups -OCH3 is 1. The highest BCUT2D eigenvalue weighted by Crippen LogP contribution is 2.25. The zero-order chi connectivity index (χ0) is 17.8. The molecule has 0 bridgehead atoms. The third kappa shape index (κ3) is 3.71. The summed E-state index contributed by atoms with van der Waals surface area (Å²) in [5.41, 5.74) is 2.23. The molecule has 1 fully saturated rings. The minimum atomic E-state index is -0.160. The van der Waals surface area contributed by atoms with E-state index in [-0.39, 0.29) is 17.6 Å². The van der Waals surface area contributed by atoms with Gasteiger partial charge in [0.1, 0.15) is 5.75 Å². The van der Waals surface area contributed by atoms with Crippen LogP contribution >= 0.6 is 0 Å². The number of pyridine rings is 1. The largest absolute Gasteiger partial charge is 0.496 e. The minimum absolute atomic E-state index is 0.0363. The predicted molar refractivity (Wildman–Crippen MR) is 94.9 cm³/mol. The van der Waals surface area contributed by atoms with Crippen molar-refractivity contribution in [2.75, 3.05) is 20.2 Å². The van der Waals surface area contributed by atoms with Crippen molar-refractivity contribution in [2.45, 2.75) is 19.8 Å². The van der Waals surface area contributed by atoms with E-state index >= 15 is 0 Å². The molecule has 3 rings (SSSR count). The molecule has 5 nitrogen and oxygen atoms in total. The summed E-state index contributed by atoms with van der Waals surface area (Å²) in [6, 6.07) is 8.91. The zero-order valence-corrected chi connectivity index (χ0v) is 14.6. The molecule has 130 valence electrons. The number of carbonyl (C=O) groups is 2. The van der Waals surface area contributed by atoms with E-state index < -0.39 is 0 Å². The first-order valence-electron chi connectivity index (χ1n) is 8.48. The molecule has 2 heterocycles. The third-order valence-electron chi connectivity index (χ3n) is 4.69. The summed E-state index contributed by atoms with van der Waals surface area (Å²) in [7, 11) is 1.62. The summed E-state index contributed by atoms with van der Waals surface area (Å²) in [5.74, 6) is 0.672. The molecule has 2 aromatic rings. The molecular formula is C20H22N2O3. The third-order valence-corrected chi connectivity index (χ3v) is 4.69. The van der Waals surface area contributed by atoms with E-state index in [9.17, 15) is 9.59 Å². The topological polar surface area (TPSA) is 59.5 Å². The standard InChI is InChI=1S/C20H22N2O3/c1-14-12-16(5-6-18(14)25-2)19(23)17-4-3-11-22(13-17)20(24)15-7-9-21-10-8-15/h5-10,12,17H,3-4,11,13H2,1-2H3. The fourth-order valence-corrected chi connectivity index (χ4v) is 3.32. The first-order chi connectivity index (χ1) is 12.1. The van der Waals surface area contributed by atoms with Crippen LogP contribution in [-0.4, -0.2) is 41.8 Å². The molecule has 1 saturated heterocycles. The maximum absolute atomic E-state index is 12.9. The van der Waals surface area contributed by atoms with Gasteiger partial charge in [0.05, 0.1) is 7.11 Å². The Hall–Kier alpha value is -2.69. The zero-order valence-electron chi connectivity index (χ0n) is 14.6. The number of amides is 1.